The molecule has 2 aromatic rings. The average Bonchev–Trinajstić information content (AvgIpc) is 2.85. The van der Waals surface area contributed by atoms with Crippen molar-refractivity contribution in [1.29, 1.82) is 0 Å². The van der Waals surface area contributed by atoms with Crippen molar-refractivity contribution in [3.8, 4) is 0 Å². The molecule has 2 amide bonds. The highest BCUT2D eigenvalue weighted by atomic mass is 16.3. The number of benzene rings is 2. The summed E-state index contributed by atoms with van der Waals surface area (Å²) >= 11 is 0. The summed E-state index contributed by atoms with van der Waals surface area (Å²) in [5.74, 6) is 0.282. The number of carbonyl (C=O) groups is 2. The van der Waals surface area contributed by atoms with Crippen LogP contribution in [0.1, 0.15) is 66.4 Å². The first-order valence-electron chi connectivity index (χ1n) is 12.4. The van der Waals surface area contributed by atoms with E-state index in [1.165, 1.54) is 5.56 Å². The molecule has 2 aliphatic heterocycles. The summed E-state index contributed by atoms with van der Waals surface area (Å²) in [5.41, 5.74) is 1.85. The molecule has 0 radical (unpaired) electrons. The Labute approximate surface area is 202 Å². The number of aliphatic hydroxyl groups is 2. The van der Waals surface area contributed by atoms with Gasteiger partial charge in [0.15, 0.2) is 0 Å². The largest absolute Gasteiger partial charge is 0.393 e. The van der Waals surface area contributed by atoms with Gasteiger partial charge >= 0.3 is 0 Å². The molecular weight excluding hydrogens is 428 g/mol. The van der Waals surface area contributed by atoms with Crippen LogP contribution in [-0.2, 0) is 11.2 Å². The second kappa shape index (κ2) is 10.7. The lowest BCUT2D eigenvalue weighted by Gasteiger charge is -2.39. The molecular formula is C28H36N2O4. The Kier molecular flexibility index (Phi) is 7.69. The van der Waals surface area contributed by atoms with E-state index in [9.17, 15) is 19.8 Å². The van der Waals surface area contributed by atoms with Crippen molar-refractivity contribution < 1.29 is 19.8 Å². The highest BCUT2D eigenvalue weighted by Gasteiger charge is 2.34. The molecule has 6 heteroatoms. The van der Waals surface area contributed by atoms with E-state index < -0.39 is 5.60 Å². The number of likely N-dealkylation sites (tertiary alicyclic amines) is 2. The number of aliphatic hydroxyl groups excluding tert-OH is 1. The SMILES string of the molecule is CC(CC(=O)N1CCC(O)(Cc2cccc(C(=O)N3CCC(O)CC3)c2)CC1)c1ccccc1. The molecule has 2 heterocycles. The Bertz CT molecular complexity index is 977. The highest BCUT2D eigenvalue weighted by Crippen LogP contribution is 2.29. The summed E-state index contributed by atoms with van der Waals surface area (Å²) in [7, 11) is 0. The van der Waals surface area contributed by atoms with E-state index in [-0.39, 0.29) is 23.8 Å². The van der Waals surface area contributed by atoms with E-state index in [2.05, 4.69) is 19.1 Å². The zero-order valence-electron chi connectivity index (χ0n) is 20.0. The lowest BCUT2D eigenvalue weighted by atomic mass is 9.84. The van der Waals surface area contributed by atoms with Gasteiger partial charge in [-0.2, -0.15) is 0 Å². The van der Waals surface area contributed by atoms with E-state index in [1.807, 2.05) is 47.4 Å². The van der Waals surface area contributed by atoms with Crippen LogP contribution in [0.3, 0.4) is 0 Å². The normalized spacial score (nSPS) is 19.6. The Morgan fingerprint density at radius 1 is 0.971 bits per heavy atom. The van der Waals surface area contributed by atoms with Gasteiger partial charge < -0.3 is 20.0 Å². The van der Waals surface area contributed by atoms with Crippen molar-refractivity contribution >= 4 is 11.8 Å². The minimum Gasteiger partial charge on any atom is -0.393 e. The van der Waals surface area contributed by atoms with Crippen molar-refractivity contribution in [2.75, 3.05) is 26.2 Å². The number of amides is 2. The molecule has 6 nitrogen and oxygen atoms in total. The molecule has 2 fully saturated rings. The number of rotatable bonds is 6. The summed E-state index contributed by atoms with van der Waals surface area (Å²) in [6.45, 7) is 4.31. The van der Waals surface area contributed by atoms with Gasteiger partial charge in [0.05, 0.1) is 11.7 Å². The summed E-state index contributed by atoms with van der Waals surface area (Å²) in [6, 6.07) is 17.6. The molecule has 2 aliphatic rings. The molecule has 1 unspecified atom stereocenters. The molecule has 2 saturated heterocycles. The molecule has 34 heavy (non-hydrogen) atoms. The van der Waals surface area contributed by atoms with E-state index in [0.717, 1.165) is 5.56 Å². The number of piperidine rings is 2. The monoisotopic (exact) mass is 464 g/mol. The Morgan fingerprint density at radius 2 is 1.65 bits per heavy atom. The van der Waals surface area contributed by atoms with Crippen molar-refractivity contribution in [2.24, 2.45) is 0 Å². The van der Waals surface area contributed by atoms with Crippen LogP contribution in [0.15, 0.2) is 54.6 Å². The predicted octanol–water partition coefficient (Wildman–Crippen LogP) is 3.37. The van der Waals surface area contributed by atoms with Gasteiger partial charge in [0, 0.05) is 44.6 Å². The lowest BCUT2D eigenvalue weighted by Crippen LogP contribution is -2.48. The summed E-state index contributed by atoms with van der Waals surface area (Å²) in [5, 5.41) is 20.9. The molecule has 0 spiro atoms. The van der Waals surface area contributed by atoms with Crippen LogP contribution in [0.25, 0.3) is 0 Å². The van der Waals surface area contributed by atoms with E-state index in [4.69, 9.17) is 0 Å². The van der Waals surface area contributed by atoms with Crippen molar-refractivity contribution in [3.05, 3.63) is 71.3 Å². The van der Waals surface area contributed by atoms with Crippen molar-refractivity contribution in [2.45, 2.75) is 63.1 Å². The number of carbonyl (C=O) groups excluding carboxylic acids is 2. The number of nitrogens with zero attached hydrogens (tertiary/aromatic N) is 2. The zero-order chi connectivity index (χ0) is 24.1. The molecule has 0 aliphatic carbocycles. The van der Waals surface area contributed by atoms with Gasteiger partial charge in [-0.3, -0.25) is 9.59 Å². The highest BCUT2D eigenvalue weighted by molar-refractivity contribution is 5.94. The first kappa shape index (κ1) is 24.4. The van der Waals surface area contributed by atoms with Crippen molar-refractivity contribution in [3.63, 3.8) is 0 Å². The standard InChI is InChI=1S/C28H36N2O4/c1-21(23-7-3-2-4-8-23)18-26(32)29-16-12-28(34,13-17-29)20-22-6-5-9-24(19-22)27(33)30-14-10-25(31)11-15-30/h2-9,19,21,25,31,34H,10-18,20H2,1H3. The molecule has 182 valence electrons. The van der Waals surface area contributed by atoms with Crippen LogP contribution in [0.5, 0.6) is 0 Å². The molecule has 0 bridgehead atoms. The first-order valence-corrected chi connectivity index (χ1v) is 12.4. The number of hydrogen-bond donors (Lipinski definition) is 2. The van der Waals surface area contributed by atoms with Gasteiger partial charge in [-0.15, -0.1) is 0 Å². The summed E-state index contributed by atoms with van der Waals surface area (Å²) in [4.78, 5) is 29.4. The maximum Gasteiger partial charge on any atom is 0.253 e. The fraction of sp³-hybridized carbons (Fsp3) is 0.500. The summed E-state index contributed by atoms with van der Waals surface area (Å²) < 4.78 is 0. The molecule has 2 aromatic carbocycles. The molecule has 2 N–H and O–H groups in total. The van der Waals surface area contributed by atoms with Gasteiger partial charge in [0.1, 0.15) is 0 Å². The lowest BCUT2D eigenvalue weighted by molar-refractivity contribution is -0.135. The van der Waals surface area contributed by atoms with Crippen LogP contribution in [0, 0.1) is 0 Å². The Balaban J connectivity index is 1.31. The first-order chi connectivity index (χ1) is 16.3. The van der Waals surface area contributed by atoms with Crippen LogP contribution >= 0.6 is 0 Å². The van der Waals surface area contributed by atoms with Gasteiger partial charge in [-0.05, 0) is 54.9 Å². The quantitative estimate of drug-likeness (QED) is 0.687. The average molecular weight is 465 g/mol. The van der Waals surface area contributed by atoms with Crippen LogP contribution in [-0.4, -0.2) is 69.7 Å². The van der Waals surface area contributed by atoms with E-state index >= 15 is 0 Å². The third kappa shape index (κ3) is 6.05. The number of hydrogen-bond acceptors (Lipinski definition) is 4. The third-order valence-electron chi connectivity index (χ3n) is 7.36. The minimum atomic E-state index is -0.876. The molecule has 4 rings (SSSR count). The molecule has 0 aromatic heterocycles. The van der Waals surface area contributed by atoms with Crippen LogP contribution in [0.4, 0.5) is 0 Å². The third-order valence-corrected chi connectivity index (χ3v) is 7.36. The van der Waals surface area contributed by atoms with Gasteiger partial charge in [-0.1, -0.05) is 49.4 Å². The zero-order valence-corrected chi connectivity index (χ0v) is 20.0. The topological polar surface area (TPSA) is 81.1 Å². The molecule has 1 atom stereocenters. The van der Waals surface area contributed by atoms with Gasteiger partial charge in [0.25, 0.3) is 5.91 Å². The second-order valence-corrected chi connectivity index (χ2v) is 10.0. The van der Waals surface area contributed by atoms with Crippen LogP contribution < -0.4 is 0 Å². The Hall–Kier alpha value is -2.70. The maximum atomic E-state index is 12.9. The minimum absolute atomic E-state index is 0.0197. The van der Waals surface area contributed by atoms with E-state index in [0.29, 0.717) is 70.3 Å². The smallest absolute Gasteiger partial charge is 0.253 e. The van der Waals surface area contributed by atoms with Crippen LogP contribution in [0.2, 0.25) is 0 Å². The predicted molar refractivity (Wildman–Crippen MR) is 132 cm³/mol. The maximum absolute atomic E-state index is 12.9. The van der Waals surface area contributed by atoms with Gasteiger partial charge in [0.2, 0.25) is 5.91 Å². The fourth-order valence-electron chi connectivity index (χ4n) is 5.09. The Morgan fingerprint density at radius 3 is 2.32 bits per heavy atom. The van der Waals surface area contributed by atoms with Gasteiger partial charge in [-0.25, -0.2) is 0 Å². The summed E-state index contributed by atoms with van der Waals surface area (Å²) in [6.07, 6.45) is 2.91. The van der Waals surface area contributed by atoms with Crippen molar-refractivity contribution in [1.82, 2.24) is 9.80 Å². The second-order valence-electron chi connectivity index (χ2n) is 10.0. The fourth-order valence-corrected chi connectivity index (χ4v) is 5.09. The van der Waals surface area contributed by atoms with E-state index in [1.54, 1.807) is 4.90 Å². The molecule has 0 saturated carbocycles.